The minimum absolute atomic E-state index is 0. The predicted molar refractivity (Wildman–Crippen MR) is 95.0 cm³/mol. The van der Waals surface area contributed by atoms with Gasteiger partial charge < -0.3 is 19.8 Å². The molecule has 0 unspecified atom stereocenters. The minimum atomic E-state index is -0.954. The SMILES string of the molecule is CC(C)(C)CC(C)(C)CC(=O)[O-].CC(C)(C)CC(C)(C)CC(=O)[O-].[Cd+2]. The second-order valence-corrected chi connectivity index (χ2v) is 10.9. The molecule has 144 valence electrons. The van der Waals surface area contributed by atoms with Crippen LogP contribution in [0.2, 0.25) is 0 Å². The van der Waals surface area contributed by atoms with Crippen LogP contribution in [0.25, 0.3) is 0 Å². The number of carboxylic acid groups (broad SMARTS) is 2. The fraction of sp³-hybridized carbons (Fsp3) is 0.900. The number of hydrogen-bond donors (Lipinski definition) is 0. The molecule has 0 amide bonds. The van der Waals surface area contributed by atoms with E-state index in [1.807, 2.05) is 27.7 Å². The molecule has 0 bridgehead atoms. The topological polar surface area (TPSA) is 80.3 Å². The van der Waals surface area contributed by atoms with Crippen LogP contribution in [0.15, 0.2) is 0 Å². The molecule has 0 atom stereocenters. The van der Waals surface area contributed by atoms with Gasteiger partial charge in [0.05, 0.1) is 0 Å². The third-order valence-corrected chi connectivity index (χ3v) is 3.26. The standard InChI is InChI=1S/2C10H20O2.Cd/c2*1-9(2,3)7-10(4,5)6-8(11)12;/h2*6-7H2,1-5H3,(H,11,12);/q;;+2/p-2. The van der Waals surface area contributed by atoms with Crippen LogP contribution < -0.4 is 10.2 Å². The Morgan fingerprint density at radius 3 is 0.920 bits per heavy atom. The maximum absolute atomic E-state index is 10.4. The number of hydrogen-bond acceptors (Lipinski definition) is 4. The van der Waals surface area contributed by atoms with Crippen molar-refractivity contribution in [1.29, 1.82) is 0 Å². The molecule has 0 saturated carbocycles. The summed E-state index contributed by atoms with van der Waals surface area (Å²) < 4.78 is 0. The average molecular weight is 455 g/mol. The van der Waals surface area contributed by atoms with E-state index in [2.05, 4.69) is 41.5 Å². The Balaban J connectivity index is -0.000000372. The molecule has 0 radical (unpaired) electrons. The summed E-state index contributed by atoms with van der Waals surface area (Å²) >= 11 is 0. The second-order valence-electron chi connectivity index (χ2n) is 10.9. The van der Waals surface area contributed by atoms with E-state index in [9.17, 15) is 19.8 Å². The van der Waals surface area contributed by atoms with Gasteiger partial charge in [-0.25, -0.2) is 0 Å². The molecule has 0 saturated heterocycles. The van der Waals surface area contributed by atoms with E-state index in [0.717, 1.165) is 12.8 Å². The van der Waals surface area contributed by atoms with Crippen molar-refractivity contribution in [3.63, 3.8) is 0 Å². The summed E-state index contributed by atoms with van der Waals surface area (Å²) in [6.07, 6.45) is 2.08. The van der Waals surface area contributed by atoms with Crippen LogP contribution in [0.3, 0.4) is 0 Å². The Morgan fingerprint density at radius 1 is 0.600 bits per heavy atom. The van der Waals surface area contributed by atoms with Gasteiger partial charge in [0, 0.05) is 11.9 Å². The Morgan fingerprint density at radius 2 is 0.800 bits per heavy atom. The molecule has 5 heteroatoms. The molecule has 0 rings (SSSR count). The van der Waals surface area contributed by atoms with Crippen molar-refractivity contribution >= 4 is 11.9 Å². The molecule has 0 aromatic rings. The molecule has 25 heavy (non-hydrogen) atoms. The molecule has 0 aliphatic rings. The molecule has 0 heterocycles. The van der Waals surface area contributed by atoms with Crippen molar-refractivity contribution in [1.82, 2.24) is 0 Å². The average Bonchev–Trinajstić information content (AvgIpc) is 2.02. The van der Waals surface area contributed by atoms with Gasteiger partial charge in [-0.3, -0.25) is 0 Å². The molecule has 0 N–H and O–H groups in total. The first-order valence-corrected chi connectivity index (χ1v) is 8.64. The molecule has 0 aliphatic heterocycles. The van der Waals surface area contributed by atoms with Crippen molar-refractivity contribution in [2.45, 2.75) is 94.9 Å². The fourth-order valence-electron chi connectivity index (χ4n) is 3.78. The van der Waals surface area contributed by atoms with Crippen LogP contribution in [-0.2, 0) is 36.9 Å². The monoisotopic (exact) mass is 456 g/mol. The molecule has 4 nitrogen and oxygen atoms in total. The van der Waals surface area contributed by atoms with Gasteiger partial charge in [-0.05, 0) is 47.3 Å². The zero-order valence-corrected chi connectivity index (χ0v) is 22.2. The summed E-state index contributed by atoms with van der Waals surface area (Å²) in [5, 5.41) is 20.8. The Hall–Kier alpha value is -0.138. The summed E-state index contributed by atoms with van der Waals surface area (Å²) in [5.74, 6) is -1.91. The maximum atomic E-state index is 10.4. The van der Waals surface area contributed by atoms with Crippen molar-refractivity contribution in [2.75, 3.05) is 0 Å². The van der Waals surface area contributed by atoms with Gasteiger partial charge in [-0.15, -0.1) is 0 Å². The first-order chi connectivity index (χ1) is 10.2. The van der Waals surface area contributed by atoms with Gasteiger partial charge in [0.2, 0.25) is 0 Å². The van der Waals surface area contributed by atoms with E-state index < -0.39 is 11.9 Å². The molecule has 0 fully saturated rings. The van der Waals surface area contributed by atoms with Crippen LogP contribution in [0.1, 0.15) is 94.9 Å². The quantitative estimate of drug-likeness (QED) is 0.577. The van der Waals surface area contributed by atoms with E-state index in [1.54, 1.807) is 0 Å². The number of aliphatic carboxylic acids is 2. The summed E-state index contributed by atoms with van der Waals surface area (Å²) in [6.45, 7) is 20.6. The second kappa shape index (κ2) is 10.9. The third kappa shape index (κ3) is 23.9. The van der Waals surface area contributed by atoms with E-state index in [0.29, 0.717) is 0 Å². The van der Waals surface area contributed by atoms with Gasteiger partial charge in [0.15, 0.2) is 0 Å². The summed E-state index contributed by atoms with van der Waals surface area (Å²) in [6, 6.07) is 0. The first kappa shape index (κ1) is 29.6. The van der Waals surface area contributed by atoms with Gasteiger partial charge in [-0.2, -0.15) is 0 Å². The molecular formula is C20H38CdO4. The van der Waals surface area contributed by atoms with Gasteiger partial charge in [-0.1, -0.05) is 69.2 Å². The Kier molecular flexibility index (Phi) is 12.9. The van der Waals surface area contributed by atoms with Crippen molar-refractivity contribution in [2.24, 2.45) is 21.7 Å². The summed E-state index contributed by atoms with van der Waals surface area (Å²) in [7, 11) is 0. The zero-order valence-electron chi connectivity index (χ0n) is 18.2. The zero-order chi connectivity index (χ0) is 20.0. The fourth-order valence-corrected chi connectivity index (χ4v) is 3.78. The van der Waals surface area contributed by atoms with Crippen LogP contribution in [-0.4, -0.2) is 11.9 Å². The number of carbonyl (C=O) groups excluding carboxylic acids is 2. The number of carboxylic acids is 2. The molecule has 0 spiro atoms. The first-order valence-electron chi connectivity index (χ1n) is 8.64. The molecule has 0 aromatic carbocycles. The maximum Gasteiger partial charge on any atom is 2.00 e. The van der Waals surface area contributed by atoms with Crippen molar-refractivity contribution < 1.29 is 47.1 Å². The number of carbonyl (C=O) groups is 2. The normalized spacial score (nSPS) is 12.6. The Bertz CT molecular complexity index is 372. The largest absolute Gasteiger partial charge is 2.00 e. The van der Waals surface area contributed by atoms with E-state index in [1.165, 1.54) is 0 Å². The Labute approximate surface area is 175 Å². The van der Waals surface area contributed by atoms with Gasteiger partial charge >= 0.3 is 27.3 Å². The van der Waals surface area contributed by atoms with E-state index >= 15 is 0 Å². The van der Waals surface area contributed by atoms with Gasteiger partial charge in [0.25, 0.3) is 0 Å². The van der Waals surface area contributed by atoms with Crippen LogP contribution in [0.5, 0.6) is 0 Å². The van der Waals surface area contributed by atoms with E-state index in [4.69, 9.17) is 0 Å². The van der Waals surface area contributed by atoms with Crippen LogP contribution in [0.4, 0.5) is 0 Å². The van der Waals surface area contributed by atoms with Crippen molar-refractivity contribution in [3.05, 3.63) is 0 Å². The van der Waals surface area contributed by atoms with Gasteiger partial charge in [0.1, 0.15) is 0 Å². The molecular weight excluding hydrogens is 417 g/mol. The predicted octanol–water partition coefficient (Wildman–Crippen LogP) is 3.18. The summed E-state index contributed by atoms with van der Waals surface area (Å²) in [4.78, 5) is 20.8. The minimum Gasteiger partial charge on any atom is -0.550 e. The molecule has 0 aromatic heterocycles. The third-order valence-electron chi connectivity index (χ3n) is 3.26. The van der Waals surface area contributed by atoms with Crippen molar-refractivity contribution in [3.8, 4) is 0 Å². The van der Waals surface area contributed by atoms with E-state index in [-0.39, 0.29) is 61.8 Å². The van der Waals surface area contributed by atoms with Crippen LogP contribution >= 0.6 is 0 Å². The number of rotatable bonds is 6. The van der Waals surface area contributed by atoms with Crippen LogP contribution in [0, 0.1) is 21.7 Å². The molecule has 0 aliphatic carbocycles. The summed E-state index contributed by atoms with van der Waals surface area (Å²) in [5.41, 5.74) is 0.0477. The smallest absolute Gasteiger partial charge is 0.550 e.